The van der Waals surface area contributed by atoms with Gasteiger partial charge in [-0.25, -0.2) is 9.78 Å². The first kappa shape index (κ1) is 17.0. The van der Waals surface area contributed by atoms with Gasteiger partial charge in [-0.05, 0) is 49.2 Å². The molecule has 0 bridgehead atoms. The molecule has 130 valence electrons. The summed E-state index contributed by atoms with van der Waals surface area (Å²) in [5, 5.41) is 19.4. The van der Waals surface area contributed by atoms with Gasteiger partial charge in [0.25, 0.3) is 0 Å². The maximum absolute atomic E-state index is 11.2. The number of nitrogens with zero attached hydrogens (tertiary/aromatic N) is 2. The Morgan fingerprint density at radius 1 is 1.24 bits per heavy atom. The number of imidazole rings is 1. The standard InChI is InChI=1S/C19H20N2O4/c1-12-7-16-17(8-13(12)2)21(11-20-16)9-14(22)10-25-18-6-4-3-5-15(18)19(23)24/h3-8,11,14,22H,9-10H2,1-2H3,(H,23,24)/t14-/m1/s1. The molecule has 6 nitrogen and oxygen atoms in total. The fourth-order valence-corrected chi connectivity index (χ4v) is 2.69. The molecular weight excluding hydrogens is 320 g/mol. The molecule has 0 radical (unpaired) electrons. The van der Waals surface area contributed by atoms with E-state index >= 15 is 0 Å². The Morgan fingerprint density at radius 3 is 2.72 bits per heavy atom. The van der Waals surface area contributed by atoms with Crippen molar-refractivity contribution < 1.29 is 19.7 Å². The van der Waals surface area contributed by atoms with Crippen LogP contribution in [0.5, 0.6) is 5.75 Å². The highest BCUT2D eigenvalue weighted by Gasteiger charge is 2.14. The molecule has 0 unspecified atom stereocenters. The van der Waals surface area contributed by atoms with E-state index in [9.17, 15) is 9.90 Å². The number of aliphatic hydroxyl groups excluding tert-OH is 1. The highest BCUT2D eigenvalue weighted by Crippen LogP contribution is 2.20. The molecule has 2 aromatic carbocycles. The fourth-order valence-electron chi connectivity index (χ4n) is 2.69. The summed E-state index contributed by atoms with van der Waals surface area (Å²) < 4.78 is 7.37. The Balaban J connectivity index is 1.70. The van der Waals surface area contributed by atoms with Crippen LogP contribution in [0.1, 0.15) is 21.5 Å². The molecule has 0 aliphatic rings. The lowest BCUT2D eigenvalue weighted by molar-refractivity contribution is 0.0678. The summed E-state index contributed by atoms with van der Waals surface area (Å²) in [5.74, 6) is -0.812. The van der Waals surface area contributed by atoms with Gasteiger partial charge in [-0.3, -0.25) is 0 Å². The number of carboxylic acid groups (broad SMARTS) is 1. The SMILES string of the molecule is Cc1cc2ncn(C[C@@H](O)COc3ccccc3C(=O)O)c2cc1C. The predicted octanol–water partition coefficient (Wildman–Crippen LogP) is 2.79. The van der Waals surface area contributed by atoms with Gasteiger partial charge in [-0.1, -0.05) is 12.1 Å². The molecular formula is C19H20N2O4. The second-order valence-corrected chi connectivity index (χ2v) is 6.09. The minimum atomic E-state index is -1.06. The van der Waals surface area contributed by atoms with Crippen molar-refractivity contribution in [1.82, 2.24) is 9.55 Å². The van der Waals surface area contributed by atoms with Crippen molar-refractivity contribution in [2.75, 3.05) is 6.61 Å². The molecule has 3 aromatic rings. The molecule has 0 amide bonds. The maximum Gasteiger partial charge on any atom is 0.339 e. The molecule has 1 heterocycles. The van der Waals surface area contributed by atoms with Crippen LogP contribution >= 0.6 is 0 Å². The van der Waals surface area contributed by atoms with Gasteiger partial charge in [0.15, 0.2) is 0 Å². The van der Waals surface area contributed by atoms with Crippen LogP contribution in [0.15, 0.2) is 42.7 Å². The first-order valence-corrected chi connectivity index (χ1v) is 8.01. The van der Waals surface area contributed by atoms with E-state index < -0.39 is 12.1 Å². The third-order valence-electron chi connectivity index (χ3n) is 4.19. The first-order valence-electron chi connectivity index (χ1n) is 8.01. The Bertz CT molecular complexity index is 917. The van der Waals surface area contributed by atoms with Gasteiger partial charge in [-0.2, -0.15) is 0 Å². The first-order chi connectivity index (χ1) is 12.0. The summed E-state index contributed by atoms with van der Waals surface area (Å²) in [4.78, 5) is 15.5. The summed E-state index contributed by atoms with van der Waals surface area (Å²) in [5.41, 5.74) is 4.25. The zero-order valence-corrected chi connectivity index (χ0v) is 14.1. The number of hydrogen-bond donors (Lipinski definition) is 2. The van der Waals surface area contributed by atoms with Gasteiger partial charge in [-0.15, -0.1) is 0 Å². The maximum atomic E-state index is 11.2. The number of aryl methyl sites for hydroxylation is 2. The lowest BCUT2D eigenvalue weighted by Gasteiger charge is -2.15. The molecule has 25 heavy (non-hydrogen) atoms. The summed E-state index contributed by atoms with van der Waals surface area (Å²) >= 11 is 0. The molecule has 0 fully saturated rings. The normalized spacial score (nSPS) is 12.3. The molecule has 2 N–H and O–H groups in total. The summed E-state index contributed by atoms with van der Waals surface area (Å²) in [7, 11) is 0. The average molecular weight is 340 g/mol. The van der Waals surface area contributed by atoms with Crippen LogP contribution in [0.4, 0.5) is 0 Å². The molecule has 0 aliphatic carbocycles. The Morgan fingerprint density at radius 2 is 1.96 bits per heavy atom. The van der Waals surface area contributed by atoms with E-state index in [2.05, 4.69) is 4.98 Å². The van der Waals surface area contributed by atoms with Gasteiger partial charge in [0, 0.05) is 0 Å². The van der Waals surface area contributed by atoms with Crippen molar-refractivity contribution in [3.63, 3.8) is 0 Å². The van der Waals surface area contributed by atoms with Crippen molar-refractivity contribution in [1.29, 1.82) is 0 Å². The number of carboxylic acids is 1. The van der Waals surface area contributed by atoms with Gasteiger partial charge in [0.05, 0.1) is 23.9 Å². The fraction of sp³-hybridized carbons (Fsp3) is 0.263. The van der Waals surface area contributed by atoms with E-state index in [1.54, 1.807) is 24.5 Å². The molecule has 0 saturated carbocycles. The number of rotatable bonds is 6. The highest BCUT2D eigenvalue weighted by atomic mass is 16.5. The van der Waals surface area contributed by atoms with Gasteiger partial charge >= 0.3 is 5.97 Å². The minimum absolute atomic E-state index is 0.00515. The number of hydrogen-bond acceptors (Lipinski definition) is 4. The highest BCUT2D eigenvalue weighted by molar-refractivity contribution is 5.90. The predicted molar refractivity (Wildman–Crippen MR) is 94.1 cm³/mol. The number of aromatic carboxylic acids is 1. The second kappa shape index (κ2) is 6.94. The van der Waals surface area contributed by atoms with Crippen molar-refractivity contribution in [3.05, 3.63) is 59.4 Å². The monoisotopic (exact) mass is 340 g/mol. The Kier molecular flexibility index (Phi) is 4.72. The number of benzene rings is 2. The smallest absolute Gasteiger partial charge is 0.339 e. The van der Waals surface area contributed by atoms with E-state index in [1.165, 1.54) is 11.6 Å². The lowest BCUT2D eigenvalue weighted by Crippen LogP contribution is -2.23. The topological polar surface area (TPSA) is 84.6 Å². The summed E-state index contributed by atoms with van der Waals surface area (Å²) in [6, 6.07) is 10.4. The molecule has 1 atom stereocenters. The minimum Gasteiger partial charge on any atom is -0.490 e. The van der Waals surface area contributed by atoms with Crippen LogP contribution in [0.25, 0.3) is 11.0 Å². The zero-order valence-electron chi connectivity index (χ0n) is 14.1. The number of aromatic nitrogens is 2. The number of fused-ring (bicyclic) bond motifs is 1. The largest absolute Gasteiger partial charge is 0.490 e. The molecule has 0 aliphatic heterocycles. The van der Waals surface area contributed by atoms with Crippen molar-refractivity contribution in [3.8, 4) is 5.75 Å². The molecule has 0 spiro atoms. The van der Waals surface area contributed by atoms with E-state index in [-0.39, 0.29) is 17.9 Å². The van der Waals surface area contributed by atoms with Crippen molar-refractivity contribution >= 4 is 17.0 Å². The molecule has 6 heteroatoms. The summed E-state index contributed by atoms with van der Waals surface area (Å²) in [6.07, 6.45) is 0.902. The Labute approximate surface area is 145 Å². The molecule has 0 saturated heterocycles. The van der Waals surface area contributed by atoms with Gasteiger partial charge < -0.3 is 19.5 Å². The van der Waals surface area contributed by atoms with Crippen LogP contribution in [-0.2, 0) is 6.54 Å². The average Bonchev–Trinajstić information content (AvgIpc) is 2.95. The quantitative estimate of drug-likeness (QED) is 0.721. The van der Waals surface area contributed by atoms with Gasteiger partial charge in [0.2, 0.25) is 0 Å². The van der Waals surface area contributed by atoms with Crippen LogP contribution in [0, 0.1) is 13.8 Å². The third kappa shape index (κ3) is 3.64. The van der Waals surface area contributed by atoms with E-state index in [4.69, 9.17) is 9.84 Å². The molecule has 3 rings (SSSR count). The zero-order chi connectivity index (χ0) is 18.0. The number of aliphatic hydroxyl groups is 1. The van der Waals surface area contributed by atoms with E-state index in [0.717, 1.165) is 16.6 Å². The van der Waals surface area contributed by atoms with Crippen LogP contribution in [0.2, 0.25) is 0 Å². The lowest BCUT2D eigenvalue weighted by atomic mass is 10.1. The van der Waals surface area contributed by atoms with Crippen molar-refractivity contribution in [2.45, 2.75) is 26.5 Å². The van der Waals surface area contributed by atoms with Gasteiger partial charge in [0.1, 0.15) is 24.0 Å². The number of carbonyl (C=O) groups is 1. The number of ether oxygens (including phenoxy) is 1. The third-order valence-corrected chi connectivity index (χ3v) is 4.19. The Hall–Kier alpha value is -2.86. The van der Waals surface area contributed by atoms with E-state index in [0.29, 0.717) is 6.54 Å². The number of para-hydroxylation sites is 1. The molecule has 1 aromatic heterocycles. The van der Waals surface area contributed by atoms with Crippen molar-refractivity contribution in [2.24, 2.45) is 0 Å². The summed E-state index contributed by atoms with van der Waals surface area (Å²) in [6.45, 7) is 4.38. The van der Waals surface area contributed by atoms with Crippen LogP contribution in [0.3, 0.4) is 0 Å². The van der Waals surface area contributed by atoms with Crippen LogP contribution in [-0.4, -0.2) is 38.4 Å². The second-order valence-electron chi connectivity index (χ2n) is 6.09. The van der Waals surface area contributed by atoms with E-state index in [1.807, 2.05) is 30.5 Å². The van der Waals surface area contributed by atoms with Crippen LogP contribution < -0.4 is 4.74 Å².